The number of rotatable bonds is 6. The average molecular weight is 668 g/mol. The molecule has 6 aromatic carbocycles. The Hall–Kier alpha value is -6.98. The summed E-state index contributed by atoms with van der Waals surface area (Å²) in [5.41, 5.74) is 11.2. The molecule has 0 radical (unpaired) electrons. The summed E-state index contributed by atoms with van der Waals surface area (Å²) in [5.74, 6) is 1.75. The van der Waals surface area contributed by atoms with E-state index >= 15 is 0 Å². The minimum absolute atomic E-state index is 0.866. The second-order valence-corrected chi connectivity index (χ2v) is 13.2. The summed E-state index contributed by atoms with van der Waals surface area (Å²) in [6, 6.07) is 60.2. The topological polar surface area (TPSA) is 38.9 Å². The van der Waals surface area contributed by atoms with Crippen molar-refractivity contribution in [1.29, 1.82) is 0 Å². The lowest BCUT2D eigenvalue weighted by Crippen LogP contribution is -2.09. The first-order valence-electron chi connectivity index (χ1n) is 17.6. The van der Waals surface area contributed by atoms with Crippen molar-refractivity contribution in [1.82, 2.24) is 19.1 Å². The number of hydrogen-bond donors (Lipinski definition) is 0. The fourth-order valence-corrected chi connectivity index (χ4v) is 7.72. The van der Waals surface area contributed by atoms with Gasteiger partial charge in [-0.25, -0.2) is 9.97 Å². The number of fused-ring (bicyclic) bond motifs is 6. The van der Waals surface area contributed by atoms with Crippen LogP contribution in [0.25, 0.3) is 66.4 Å². The number of para-hydroxylation sites is 4. The highest BCUT2D eigenvalue weighted by Crippen LogP contribution is 2.40. The van der Waals surface area contributed by atoms with E-state index in [2.05, 4.69) is 191 Å². The lowest BCUT2D eigenvalue weighted by atomic mass is 10.1. The number of aromatic nitrogens is 4. The molecule has 0 bridgehead atoms. The number of benzene rings is 6. The van der Waals surface area contributed by atoms with Crippen molar-refractivity contribution < 1.29 is 0 Å². The average Bonchev–Trinajstić information content (AvgIpc) is 3.71. The highest BCUT2D eigenvalue weighted by molar-refractivity contribution is 6.11. The molecular weight excluding hydrogens is 635 g/mol. The highest BCUT2D eigenvalue weighted by atomic mass is 15.1. The second kappa shape index (κ2) is 12.1. The molecule has 5 nitrogen and oxygen atoms in total. The van der Waals surface area contributed by atoms with Crippen molar-refractivity contribution in [2.75, 3.05) is 4.90 Å². The van der Waals surface area contributed by atoms with E-state index in [0.717, 1.165) is 61.9 Å². The summed E-state index contributed by atoms with van der Waals surface area (Å²) in [6.45, 7) is 2.14. The van der Waals surface area contributed by atoms with Gasteiger partial charge < -0.3 is 4.90 Å². The van der Waals surface area contributed by atoms with Crippen LogP contribution in [0.2, 0.25) is 0 Å². The number of pyridine rings is 2. The van der Waals surface area contributed by atoms with E-state index in [1.54, 1.807) is 0 Å². The summed E-state index contributed by atoms with van der Waals surface area (Å²) < 4.78 is 4.55. The molecule has 4 heterocycles. The van der Waals surface area contributed by atoms with Crippen molar-refractivity contribution in [2.45, 2.75) is 6.92 Å². The second-order valence-electron chi connectivity index (χ2n) is 13.2. The third-order valence-electron chi connectivity index (χ3n) is 10.1. The van der Waals surface area contributed by atoms with Crippen LogP contribution >= 0.6 is 0 Å². The van der Waals surface area contributed by atoms with E-state index in [9.17, 15) is 0 Å². The SMILES string of the molecule is Cc1ccc2c(c1)c1ccccc1n2-c1cc(-c2ccnc(-n3c4ccccc4c4cc(N(c5ccccc5)c5ccccc5)ccc43)c2)ccn1. The molecule has 0 aliphatic rings. The predicted molar refractivity (Wildman–Crippen MR) is 216 cm³/mol. The van der Waals surface area contributed by atoms with Gasteiger partial charge in [-0.2, -0.15) is 0 Å². The maximum atomic E-state index is 4.95. The van der Waals surface area contributed by atoms with Gasteiger partial charge in [-0.1, -0.05) is 84.4 Å². The van der Waals surface area contributed by atoms with Crippen molar-refractivity contribution in [3.8, 4) is 22.8 Å². The van der Waals surface area contributed by atoms with Crippen LogP contribution in [0.4, 0.5) is 17.1 Å². The first-order valence-corrected chi connectivity index (χ1v) is 17.6. The summed E-state index contributed by atoms with van der Waals surface area (Å²) >= 11 is 0. The molecule has 0 saturated carbocycles. The molecule has 0 amide bonds. The zero-order chi connectivity index (χ0) is 34.6. The Morgan fingerprint density at radius 1 is 0.385 bits per heavy atom. The predicted octanol–water partition coefficient (Wildman–Crippen LogP) is 12.1. The van der Waals surface area contributed by atoms with Crippen LogP contribution in [0.15, 0.2) is 182 Å². The van der Waals surface area contributed by atoms with Gasteiger partial charge in [0.15, 0.2) is 0 Å². The molecule has 52 heavy (non-hydrogen) atoms. The number of anilines is 3. The Bertz CT molecular complexity index is 2880. The van der Waals surface area contributed by atoms with Gasteiger partial charge in [0.25, 0.3) is 0 Å². The molecule has 0 atom stereocenters. The Labute approximate surface area is 301 Å². The van der Waals surface area contributed by atoms with E-state index in [4.69, 9.17) is 9.97 Å². The van der Waals surface area contributed by atoms with Crippen molar-refractivity contribution in [2.24, 2.45) is 0 Å². The molecule has 0 spiro atoms. The van der Waals surface area contributed by atoms with Crippen LogP contribution in [-0.2, 0) is 0 Å². The molecule has 0 aliphatic heterocycles. The van der Waals surface area contributed by atoms with Gasteiger partial charge in [-0.15, -0.1) is 0 Å². The Balaban J connectivity index is 1.11. The smallest absolute Gasteiger partial charge is 0.138 e. The molecule has 0 fully saturated rings. The lowest BCUT2D eigenvalue weighted by molar-refractivity contribution is 1.07. The first kappa shape index (κ1) is 29.9. The van der Waals surface area contributed by atoms with Gasteiger partial charge in [0, 0.05) is 51.0 Å². The van der Waals surface area contributed by atoms with Crippen LogP contribution in [0.1, 0.15) is 5.56 Å². The molecular formula is C47H33N5. The Morgan fingerprint density at radius 3 is 1.40 bits per heavy atom. The number of nitrogens with zero attached hydrogens (tertiary/aromatic N) is 5. The third-order valence-corrected chi connectivity index (χ3v) is 10.1. The van der Waals surface area contributed by atoms with Crippen molar-refractivity contribution >= 4 is 60.7 Å². The lowest BCUT2D eigenvalue weighted by Gasteiger charge is -2.25. The minimum atomic E-state index is 0.866. The largest absolute Gasteiger partial charge is 0.310 e. The molecule has 0 saturated heterocycles. The molecule has 246 valence electrons. The molecule has 0 aliphatic carbocycles. The third kappa shape index (κ3) is 4.86. The van der Waals surface area contributed by atoms with E-state index in [0.29, 0.717) is 0 Å². The minimum Gasteiger partial charge on any atom is -0.310 e. The monoisotopic (exact) mass is 667 g/mol. The maximum Gasteiger partial charge on any atom is 0.138 e. The van der Waals surface area contributed by atoms with E-state index < -0.39 is 0 Å². The molecule has 10 aromatic rings. The van der Waals surface area contributed by atoms with Crippen molar-refractivity contribution in [3.05, 3.63) is 188 Å². The molecule has 10 rings (SSSR count). The van der Waals surface area contributed by atoms with Gasteiger partial charge in [0.05, 0.1) is 22.1 Å². The van der Waals surface area contributed by atoms with Gasteiger partial charge in [0.2, 0.25) is 0 Å². The van der Waals surface area contributed by atoms with Crippen molar-refractivity contribution in [3.63, 3.8) is 0 Å². The summed E-state index contributed by atoms with van der Waals surface area (Å²) in [5, 5.41) is 4.81. The summed E-state index contributed by atoms with van der Waals surface area (Å²) in [4.78, 5) is 12.2. The summed E-state index contributed by atoms with van der Waals surface area (Å²) in [6.07, 6.45) is 3.82. The number of aryl methyl sites for hydroxylation is 1. The fraction of sp³-hybridized carbons (Fsp3) is 0.0213. The highest BCUT2D eigenvalue weighted by Gasteiger charge is 2.18. The summed E-state index contributed by atoms with van der Waals surface area (Å²) in [7, 11) is 0. The van der Waals surface area contributed by atoms with Crippen LogP contribution in [0.5, 0.6) is 0 Å². The van der Waals surface area contributed by atoms with E-state index in [1.807, 2.05) is 12.4 Å². The van der Waals surface area contributed by atoms with Gasteiger partial charge in [-0.3, -0.25) is 9.13 Å². The Morgan fingerprint density at radius 2 is 0.846 bits per heavy atom. The molecule has 5 heteroatoms. The van der Waals surface area contributed by atoms with E-state index in [-0.39, 0.29) is 0 Å². The standard InChI is InChI=1S/C47H33N5/c1-32-20-22-44-40(28-32)38-16-8-10-18-42(38)51(44)46-29-33(24-26-48-46)34-25-27-49-47(30-34)52-43-19-11-9-17-39(43)41-31-37(21-23-45(41)52)50(35-12-4-2-5-13-35)36-14-6-3-7-15-36/h2-31H,1H3. The van der Waals surface area contributed by atoms with Gasteiger partial charge in [0.1, 0.15) is 11.6 Å². The van der Waals surface area contributed by atoms with Gasteiger partial charge >= 0.3 is 0 Å². The van der Waals surface area contributed by atoms with E-state index in [1.165, 1.54) is 27.1 Å². The quantitative estimate of drug-likeness (QED) is 0.177. The van der Waals surface area contributed by atoms with Crippen LogP contribution < -0.4 is 4.90 Å². The Kier molecular flexibility index (Phi) is 6.96. The normalized spacial score (nSPS) is 11.6. The zero-order valence-electron chi connectivity index (χ0n) is 28.6. The molecule has 0 N–H and O–H groups in total. The first-order chi connectivity index (χ1) is 25.7. The van der Waals surface area contributed by atoms with Crippen LogP contribution in [0.3, 0.4) is 0 Å². The van der Waals surface area contributed by atoms with Crippen LogP contribution in [-0.4, -0.2) is 19.1 Å². The number of hydrogen-bond acceptors (Lipinski definition) is 3. The maximum absolute atomic E-state index is 4.95. The zero-order valence-corrected chi connectivity index (χ0v) is 28.6. The van der Waals surface area contributed by atoms with Gasteiger partial charge in [-0.05, 0) is 109 Å². The molecule has 4 aromatic heterocycles. The molecule has 0 unspecified atom stereocenters. The fourth-order valence-electron chi connectivity index (χ4n) is 7.72. The van der Waals surface area contributed by atoms with Crippen LogP contribution in [0, 0.1) is 6.92 Å².